The number of carboxylic acids is 1. The number of carbonyl (C=O) groups excluding carboxylic acids is 1. The molecule has 1 aliphatic rings. The second-order valence-electron chi connectivity index (χ2n) is 5.57. The van der Waals surface area contributed by atoms with Crippen LogP contribution < -0.4 is 5.32 Å². The van der Waals surface area contributed by atoms with Crippen molar-refractivity contribution in [2.45, 2.75) is 13.3 Å². The maximum atomic E-state index is 12.6. The number of hydrogen-bond donors (Lipinski definition) is 2. The lowest BCUT2D eigenvalue weighted by Gasteiger charge is -2.10. The summed E-state index contributed by atoms with van der Waals surface area (Å²) in [6.07, 6.45) is 0.520. The lowest BCUT2D eigenvalue weighted by Crippen LogP contribution is -2.17. The van der Waals surface area contributed by atoms with E-state index in [9.17, 15) is 14.7 Å². The van der Waals surface area contributed by atoms with Crippen molar-refractivity contribution in [3.63, 3.8) is 0 Å². The van der Waals surface area contributed by atoms with Crippen LogP contribution >= 0.6 is 0 Å². The van der Waals surface area contributed by atoms with E-state index in [2.05, 4.69) is 5.32 Å². The summed E-state index contributed by atoms with van der Waals surface area (Å²) in [6.45, 7) is 1.89. The minimum atomic E-state index is -1.19. The minimum absolute atomic E-state index is 0.101. The van der Waals surface area contributed by atoms with Crippen LogP contribution in [0.2, 0.25) is 0 Å². The van der Waals surface area contributed by atoms with Crippen LogP contribution in [0, 0.1) is 11.3 Å². The number of nitrogens with zero attached hydrogens (tertiary/aromatic N) is 1. The molecule has 0 heterocycles. The van der Waals surface area contributed by atoms with Crippen molar-refractivity contribution in [3.8, 4) is 6.07 Å². The summed E-state index contributed by atoms with van der Waals surface area (Å²) in [5, 5.41) is 20.8. The van der Waals surface area contributed by atoms with E-state index in [1.54, 1.807) is 0 Å². The first-order valence-corrected chi connectivity index (χ1v) is 7.38. The zero-order valence-electron chi connectivity index (χ0n) is 13.0. The van der Waals surface area contributed by atoms with Crippen LogP contribution in [0.4, 0.5) is 5.69 Å². The van der Waals surface area contributed by atoms with Crippen molar-refractivity contribution < 1.29 is 14.7 Å². The molecule has 5 nitrogen and oxygen atoms in total. The second kappa shape index (κ2) is 6.01. The Morgan fingerprint density at radius 1 is 1.21 bits per heavy atom. The van der Waals surface area contributed by atoms with Gasteiger partial charge in [-0.3, -0.25) is 4.79 Å². The zero-order valence-corrected chi connectivity index (χ0v) is 13.0. The van der Waals surface area contributed by atoms with Crippen molar-refractivity contribution in [1.29, 1.82) is 5.26 Å². The van der Waals surface area contributed by atoms with Gasteiger partial charge in [0, 0.05) is 12.0 Å². The first-order chi connectivity index (χ1) is 11.5. The maximum Gasteiger partial charge on any atom is 0.337 e. The van der Waals surface area contributed by atoms with Crippen LogP contribution in [0.15, 0.2) is 48.0 Å². The van der Waals surface area contributed by atoms with Gasteiger partial charge >= 0.3 is 5.97 Å². The molecule has 0 fully saturated rings. The summed E-state index contributed by atoms with van der Waals surface area (Å²) in [6, 6.07) is 13.9. The van der Waals surface area contributed by atoms with Gasteiger partial charge in [0.05, 0.1) is 22.9 Å². The van der Waals surface area contributed by atoms with Gasteiger partial charge in [0.1, 0.15) is 0 Å². The number of amides is 1. The minimum Gasteiger partial charge on any atom is -0.478 e. The number of carboxylic acid groups (broad SMARTS) is 1. The number of benzene rings is 2. The molecule has 0 spiro atoms. The largest absolute Gasteiger partial charge is 0.478 e. The molecule has 2 aromatic rings. The lowest BCUT2D eigenvalue weighted by atomic mass is 10.1. The van der Waals surface area contributed by atoms with E-state index in [0.29, 0.717) is 12.0 Å². The molecular formula is C19H14N2O3. The van der Waals surface area contributed by atoms with Gasteiger partial charge in [0.2, 0.25) is 0 Å². The zero-order chi connectivity index (χ0) is 17.3. The van der Waals surface area contributed by atoms with E-state index in [0.717, 1.165) is 16.7 Å². The first-order valence-electron chi connectivity index (χ1n) is 7.38. The van der Waals surface area contributed by atoms with Crippen molar-refractivity contribution in [2.75, 3.05) is 5.32 Å². The summed E-state index contributed by atoms with van der Waals surface area (Å²) < 4.78 is 0. The van der Waals surface area contributed by atoms with Crippen LogP contribution in [0.25, 0.3) is 5.57 Å². The van der Waals surface area contributed by atoms with E-state index >= 15 is 0 Å². The molecule has 0 radical (unpaired) electrons. The molecule has 0 saturated carbocycles. The molecule has 1 amide bonds. The molecule has 0 aromatic heterocycles. The van der Waals surface area contributed by atoms with Crippen LogP contribution in [-0.4, -0.2) is 17.0 Å². The SMILES string of the molecule is CC1=C(C(=O)Nc2ccc(C#N)cc2C(=O)O)Cc2ccccc21. The summed E-state index contributed by atoms with van der Waals surface area (Å²) in [7, 11) is 0. The fourth-order valence-corrected chi connectivity index (χ4v) is 2.87. The number of hydrogen-bond acceptors (Lipinski definition) is 3. The highest BCUT2D eigenvalue weighted by molar-refractivity contribution is 6.12. The van der Waals surface area contributed by atoms with E-state index < -0.39 is 5.97 Å². The highest BCUT2D eigenvalue weighted by Crippen LogP contribution is 2.33. The van der Waals surface area contributed by atoms with Gasteiger partial charge in [-0.25, -0.2) is 4.79 Å². The molecule has 0 bridgehead atoms. The van der Waals surface area contributed by atoms with Crippen molar-refractivity contribution in [3.05, 3.63) is 70.3 Å². The third-order valence-corrected chi connectivity index (χ3v) is 4.14. The molecule has 5 heteroatoms. The van der Waals surface area contributed by atoms with Gasteiger partial charge in [-0.05, 0) is 41.8 Å². The van der Waals surface area contributed by atoms with Gasteiger partial charge in [0.15, 0.2) is 0 Å². The Morgan fingerprint density at radius 3 is 2.62 bits per heavy atom. The molecule has 3 rings (SSSR count). The molecule has 0 atom stereocenters. The van der Waals surface area contributed by atoms with Gasteiger partial charge in [-0.1, -0.05) is 24.3 Å². The quantitative estimate of drug-likeness (QED) is 0.909. The fraction of sp³-hybridized carbons (Fsp3) is 0.105. The van der Waals surface area contributed by atoms with E-state index in [1.807, 2.05) is 37.3 Å². The van der Waals surface area contributed by atoms with Crippen LogP contribution in [0.5, 0.6) is 0 Å². The highest BCUT2D eigenvalue weighted by atomic mass is 16.4. The Balaban J connectivity index is 1.91. The predicted octanol–water partition coefficient (Wildman–Crippen LogP) is 3.22. The summed E-state index contributed by atoms with van der Waals surface area (Å²) in [5.41, 5.74) is 3.96. The number of carbonyl (C=O) groups is 2. The Morgan fingerprint density at radius 2 is 1.96 bits per heavy atom. The summed E-state index contributed by atoms with van der Waals surface area (Å²) >= 11 is 0. The fourth-order valence-electron chi connectivity index (χ4n) is 2.87. The average molecular weight is 318 g/mol. The smallest absolute Gasteiger partial charge is 0.337 e. The lowest BCUT2D eigenvalue weighted by molar-refractivity contribution is -0.112. The molecule has 118 valence electrons. The normalized spacial score (nSPS) is 12.5. The van der Waals surface area contributed by atoms with Gasteiger partial charge < -0.3 is 10.4 Å². The molecule has 1 aliphatic carbocycles. The van der Waals surface area contributed by atoms with Crippen LogP contribution in [-0.2, 0) is 11.2 Å². The molecule has 0 saturated heterocycles. The topological polar surface area (TPSA) is 90.2 Å². The molecule has 0 unspecified atom stereocenters. The Labute approximate surface area is 138 Å². The predicted molar refractivity (Wildman–Crippen MR) is 89.5 cm³/mol. The molecule has 24 heavy (non-hydrogen) atoms. The molecule has 2 aromatic carbocycles. The molecular weight excluding hydrogens is 304 g/mol. The number of allylic oxidation sites excluding steroid dienone is 1. The number of anilines is 1. The monoisotopic (exact) mass is 318 g/mol. The van der Waals surface area contributed by atoms with E-state index in [1.165, 1.54) is 18.2 Å². The number of nitrogens with one attached hydrogen (secondary N) is 1. The number of fused-ring (bicyclic) bond motifs is 1. The maximum absolute atomic E-state index is 12.6. The number of nitriles is 1. The third-order valence-electron chi connectivity index (χ3n) is 4.14. The van der Waals surface area contributed by atoms with Crippen molar-refractivity contribution >= 4 is 23.1 Å². The second-order valence-corrected chi connectivity index (χ2v) is 5.57. The molecule has 2 N–H and O–H groups in total. The Kier molecular flexibility index (Phi) is 3.88. The van der Waals surface area contributed by atoms with Gasteiger partial charge in [-0.15, -0.1) is 0 Å². The van der Waals surface area contributed by atoms with E-state index in [4.69, 9.17) is 5.26 Å². The van der Waals surface area contributed by atoms with Gasteiger partial charge in [-0.2, -0.15) is 5.26 Å². The average Bonchev–Trinajstić information content (AvgIpc) is 2.92. The highest BCUT2D eigenvalue weighted by Gasteiger charge is 2.24. The number of aromatic carboxylic acids is 1. The van der Waals surface area contributed by atoms with Crippen LogP contribution in [0.3, 0.4) is 0 Å². The Bertz CT molecular complexity index is 936. The summed E-state index contributed by atoms with van der Waals surface area (Å²) in [4.78, 5) is 24.0. The van der Waals surface area contributed by atoms with Gasteiger partial charge in [0.25, 0.3) is 5.91 Å². The Hall–Kier alpha value is -3.39. The number of rotatable bonds is 3. The van der Waals surface area contributed by atoms with E-state index in [-0.39, 0.29) is 22.7 Å². The molecule has 0 aliphatic heterocycles. The van der Waals surface area contributed by atoms with Crippen molar-refractivity contribution in [2.24, 2.45) is 0 Å². The van der Waals surface area contributed by atoms with Crippen molar-refractivity contribution in [1.82, 2.24) is 0 Å². The standard InChI is InChI=1S/C19H14N2O3/c1-11-14-5-3-2-4-13(14)9-15(11)18(22)21-17-7-6-12(10-20)8-16(17)19(23)24/h2-8H,9H2,1H3,(H,21,22)(H,23,24). The van der Waals surface area contributed by atoms with Crippen LogP contribution in [0.1, 0.15) is 34.0 Å². The summed E-state index contributed by atoms with van der Waals surface area (Å²) in [5.74, 6) is -1.52. The first kappa shape index (κ1) is 15.5. The third kappa shape index (κ3) is 2.66.